The quantitative estimate of drug-likeness (QED) is 0.777. The van der Waals surface area contributed by atoms with Crippen molar-refractivity contribution in [2.24, 2.45) is 17.8 Å². The van der Waals surface area contributed by atoms with Crippen molar-refractivity contribution in [3.05, 3.63) is 35.9 Å². The molecule has 3 nitrogen and oxygen atoms in total. The van der Waals surface area contributed by atoms with Crippen molar-refractivity contribution < 1.29 is 9.53 Å². The summed E-state index contributed by atoms with van der Waals surface area (Å²) < 4.78 is 4.97. The lowest BCUT2D eigenvalue weighted by Gasteiger charge is -2.31. The van der Waals surface area contributed by atoms with Crippen LogP contribution in [0, 0.1) is 17.8 Å². The van der Waals surface area contributed by atoms with Gasteiger partial charge >= 0.3 is 5.97 Å². The Morgan fingerprint density at radius 3 is 2.39 bits per heavy atom. The Morgan fingerprint density at radius 1 is 1.17 bits per heavy atom. The maximum absolute atomic E-state index is 12.0. The molecule has 128 valence electrons. The summed E-state index contributed by atoms with van der Waals surface area (Å²) >= 11 is 0. The zero-order valence-corrected chi connectivity index (χ0v) is 14.8. The molecule has 1 atom stereocenters. The lowest BCUT2D eigenvalue weighted by molar-refractivity contribution is -0.143. The predicted octanol–water partition coefficient (Wildman–Crippen LogP) is 3.82. The molecule has 1 N–H and O–H groups in total. The average molecular weight is 317 g/mol. The van der Waals surface area contributed by atoms with Crippen LogP contribution < -0.4 is 5.32 Å². The first-order valence-corrected chi connectivity index (χ1v) is 8.95. The van der Waals surface area contributed by atoms with E-state index in [0.717, 1.165) is 18.4 Å². The van der Waals surface area contributed by atoms with Crippen molar-refractivity contribution in [3.63, 3.8) is 0 Å². The summed E-state index contributed by atoms with van der Waals surface area (Å²) in [7, 11) is 1.47. The number of hydrogen-bond donors (Lipinski definition) is 1. The van der Waals surface area contributed by atoms with Crippen LogP contribution in [0.4, 0.5) is 0 Å². The molecule has 0 radical (unpaired) electrons. The number of carbonyl (C=O) groups excluding carboxylic acids is 1. The lowest BCUT2D eigenvalue weighted by atomic mass is 9.77. The van der Waals surface area contributed by atoms with Gasteiger partial charge in [-0.15, -0.1) is 0 Å². The first-order chi connectivity index (χ1) is 11.1. The molecule has 1 fully saturated rings. The molecule has 1 saturated carbocycles. The Balaban J connectivity index is 1.83. The summed E-state index contributed by atoms with van der Waals surface area (Å²) in [6, 6.07) is 9.90. The fraction of sp³-hybridized carbons (Fsp3) is 0.650. The Hall–Kier alpha value is -1.35. The molecule has 1 aliphatic rings. The number of rotatable bonds is 7. The van der Waals surface area contributed by atoms with Gasteiger partial charge < -0.3 is 10.1 Å². The van der Waals surface area contributed by atoms with Gasteiger partial charge in [-0.05, 0) is 62.0 Å². The first kappa shape index (κ1) is 18.0. The van der Waals surface area contributed by atoms with Crippen LogP contribution >= 0.6 is 0 Å². The van der Waals surface area contributed by atoms with E-state index in [9.17, 15) is 4.79 Å². The SMILES string of the molecule is COC(=O)C(Cc1ccccc1)NCC1CCC(C(C)C)CC1. The van der Waals surface area contributed by atoms with Crippen LogP contribution in [0.5, 0.6) is 0 Å². The fourth-order valence-corrected chi connectivity index (χ4v) is 3.60. The summed E-state index contributed by atoms with van der Waals surface area (Å²) in [5.74, 6) is 2.20. The minimum atomic E-state index is -0.245. The number of nitrogens with one attached hydrogen (secondary N) is 1. The van der Waals surface area contributed by atoms with Crippen LogP contribution in [0.2, 0.25) is 0 Å². The third-order valence-corrected chi connectivity index (χ3v) is 5.26. The molecule has 0 aromatic heterocycles. The van der Waals surface area contributed by atoms with E-state index in [1.165, 1.54) is 38.4 Å². The zero-order chi connectivity index (χ0) is 16.7. The second-order valence-electron chi connectivity index (χ2n) is 7.20. The van der Waals surface area contributed by atoms with Gasteiger partial charge in [0, 0.05) is 0 Å². The molecule has 1 aromatic carbocycles. The molecule has 0 heterocycles. The Labute approximate surface area is 140 Å². The van der Waals surface area contributed by atoms with Gasteiger partial charge in [0.1, 0.15) is 6.04 Å². The van der Waals surface area contributed by atoms with Gasteiger partial charge in [0.2, 0.25) is 0 Å². The molecule has 1 unspecified atom stereocenters. The highest BCUT2D eigenvalue weighted by molar-refractivity contribution is 5.76. The minimum Gasteiger partial charge on any atom is -0.468 e. The maximum atomic E-state index is 12.0. The normalized spacial score (nSPS) is 22.8. The van der Waals surface area contributed by atoms with Crippen molar-refractivity contribution in [1.29, 1.82) is 0 Å². The van der Waals surface area contributed by atoms with Crippen LogP contribution in [0.15, 0.2) is 30.3 Å². The number of methoxy groups -OCH3 is 1. The largest absolute Gasteiger partial charge is 0.468 e. The van der Waals surface area contributed by atoms with Crippen molar-refractivity contribution in [3.8, 4) is 0 Å². The number of ether oxygens (including phenoxy) is 1. The highest BCUT2D eigenvalue weighted by Crippen LogP contribution is 2.32. The van der Waals surface area contributed by atoms with E-state index in [-0.39, 0.29) is 12.0 Å². The minimum absolute atomic E-state index is 0.162. The molecule has 0 amide bonds. The second-order valence-corrected chi connectivity index (χ2v) is 7.20. The van der Waals surface area contributed by atoms with E-state index in [0.29, 0.717) is 12.3 Å². The van der Waals surface area contributed by atoms with Gasteiger partial charge in [0.25, 0.3) is 0 Å². The molecule has 0 aliphatic heterocycles. The Kier molecular flexibility index (Phi) is 7.10. The van der Waals surface area contributed by atoms with Crippen LogP contribution in [-0.2, 0) is 16.0 Å². The van der Waals surface area contributed by atoms with Gasteiger partial charge in [-0.1, -0.05) is 44.2 Å². The third kappa shape index (κ3) is 5.65. The fourth-order valence-electron chi connectivity index (χ4n) is 3.60. The molecule has 0 bridgehead atoms. The Bertz CT molecular complexity index is 464. The predicted molar refractivity (Wildman–Crippen MR) is 94.2 cm³/mol. The monoisotopic (exact) mass is 317 g/mol. The van der Waals surface area contributed by atoms with Crippen molar-refractivity contribution in [2.75, 3.05) is 13.7 Å². The molecule has 3 heteroatoms. The topological polar surface area (TPSA) is 38.3 Å². The van der Waals surface area contributed by atoms with Crippen LogP contribution in [0.3, 0.4) is 0 Å². The van der Waals surface area contributed by atoms with E-state index in [1.54, 1.807) is 0 Å². The number of benzene rings is 1. The summed E-state index contributed by atoms with van der Waals surface area (Å²) in [6.45, 7) is 5.57. The van der Waals surface area contributed by atoms with Crippen LogP contribution in [0.1, 0.15) is 45.1 Å². The summed E-state index contributed by atoms with van der Waals surface area (Å²) in [5.41, 5.74) is 1.17. The second kappa shape index (κ2) is 9.07. The summed E-state index contributed by atoms with van der Waals surface area (Å²) in [6.07, 6.45) is 5.89. The van der Waals surface area contributed by atoms with Crippen molar-refractivity contribution >= 4 is 5.97 Å². The lowest BCUT2D eigenvalue weighted by Crippen LogP contribution is -2.42. The molecule has 0 spiro atoms. The van der Waals surface area contributed by atoms with Crippen molar-refractivity contribution in [2.45, 2.75) is 52.0 Å². The maximum Gasteiger partial charge on any atom is 0.323 e. The Morgan fingerprint density at radius 2 is 1.83 bits per heavy atom. The first-order valence-electron chi connectivity index (χ1n) is 8.95. The van der Waals surface area contributed by atoms with Gasteiger partial charge in [0.15, 0.2) is 0 Å². The molecular formula is C20H31NO2. The highest BCUT2D eigenvalue weighted by atomic mass is 16.5. The van der Waals surface area contributed by atoms with E-state index in [4.69, 9.17) is 4.74 Å². The average Bonchev–Trinajstić information content (AvgIpc) is 2.59. The van der Waals surface area contributed by atoms with E-state index in [2.05, 4.69) is 31.3 Å². The number of hydrogen-bond acceptors (Lipinski definition) is 3. The van der Waals surface area contributed by atoms with Gasteiger partial charge in [-0.3, -0.25) is 4.79 Å². The van der Waals surface area contributed by atoms with E-state index < -0.39 is 0 Å². The van der Waals surface area contributed by atoms with Crippen LogP contribution in [0.25, 0.3) is 0 Å². The highest BCUT2D eigenvalue weighted by Gasteiger charge is 2.25. The van der Waals surface area contributed by atoms with E-state index in [1.807, 2.05) is 18.2 Å². The molecule has 1 aliphatic carbocycles. The molecule has 0 saturated heterocycles. The molecule has 2 rings (SSSR count). The molecular weight excluding hydrogens is 286 g/mol. The van der Waals surface area contributed by atoms with E-state index >= 15 is 0 Å². The van der Waals surface area contributed by atoms with Crippen molar-refractivity contribution in [1.82, 2.24) is 5.32 Å². The molecule has 23 heavy (non-hydrogen) atoms. The van der Waals surface area contributed by atoms with Gasteiger partial charge in [0.05, 0.1) is 7.11 Å². The number of esters is 1. The van der Waals surface area contributed by atoms with Gasteiger partial charge in [-0.2, -0.15) is 0 Å². The molecule has 1 aromatic rings. The van der Waals surface area contributed by atoms with Crippen LogP contribution in [-0.4, -0.2) is 25.7 Å². The smallest absolute Gasteiger partial charge is 0.323 e. The summed E-state index contributed by atoms with van der Waals surface area (Å²) in [5, 5.41) is 3.46. The number of carbonyl (C=O) groups is 1. The standard InChI is InChI=1S/C20H31NO2/c1-15(2)18-11-9-17(10-12-18)14-21-19(20(22)23-3)13-16-7-5-4-6-8-16/h4-8,15,17-19,21H,9-14H2,1-3H3. The zero-order valence-electron chi connectivity index (χ0n) is 14.8. The summed E-state index contributed by atoms with van der Waals surface area (Å²) in [4.78, 5) is 12.0. The third-order valence-electron chi connectivity index (χ3n) is 5.26. The van der Waals surface area contributed by atoms with Gasteiger partial charge in [-0.25, -0.2) is 0 Å².